The van der Waals surface area contributed by atoms with Crippen molar-refractivity contribution >= 4 is 12.6 Å². The maximum Gasteiger partial charge on any atom is 0.00987 e. The Hall–Kier alpha value is 0.350. The van der Waals surface area contributed by atoms with Gasteiger partial charge in [0.25, 0.3) is 0 Å². The number of unbranched alkanes of at least 4 members (excludes halogenated alkanes) is 3. The minimum atomic E-state index is 0.241. The predicted octanol–water partition coefficient (Wildman–Crippen LogP) is 8.55. The van der Waals surface area contributed by atoms with E-state index in [1.807, 2.05) is 0 Å². The molecule has 0 spiro atoms. The Morgan fingerprint density at radius 3 is 1.67 bits per heavy atom. The Bertz CT molecular complexity index is 327. The van der Waals surface area contributed by atoms with Gasteiger partial charge < -0.3 is 0 Å². The lowest BCUT2D eigenvalue weighted by atomic mass is 9.57. The molecule has 0 rings (SSSR count). The van der Waals surface area contributed by atoms with Crippen LogP contribution in [0, 0.1) is 22.7 Å². The Balaban J connectivity index is 4.42. The highest BCUT2D eigenvalue weighted by atomic mass is 32.1. The van der Waals surface area contributed by atoms with Gasteiger partial charge in [-0.15, -0.1) is 0 Å². The first-order valence-corrected chi connectivity index (χ1v) is 11.0. The Kier molecular flexibility index (Phi) is 10.6. The van der Waals surface area contributed by atoms with E-state index in [-0.39, 0.29) is 4.75 Å². The molecular weight excluding hydrogens is 308 g/mol. The van der Waals surface area contributed by atoms with Crippen molar-refractivity contribution in [1.29, 1.82) is 0 Å². The molecule has 0 saturated carbocycles. The van der Waals surface area contributed by atoms with Crippen molar-refractivity contribution in [3.8, 4) is 0 Å². The van der Waals surface area contributed by atoms with E-state index in [1.165, 1.54) is 57.8 Å². The Morgan fingerprint density at radius 1 is 0.750 bits per heavy atom. The Labute approximate surface area is 160 Å². The summed E-state index contributed by atoms with van der Waals surface area (Å²) in [6, 6.07) is 0. The highest BCUT2D eigenvalue weighted by Gasteiger charge is 2.42. The minimum absolute atomic E-state index is 0.241. The zero-order valence-corrected chi connectivity index (χ0v) is 19.4. The number of rotatable bonds is 13. The Morgan fingerprint density at radius 2 is 1.25 bits per heavy atom. The van der Waals surface area contributed by atoms with E-state index in [4.69, 9.17) is 12.6 Å². The molecular formula is C23H48S. The van der Waals surface area contributed by atoms with Gasteiger partial charge in [-0.1, -0.05) is 94.4 Å². The number of thiol groups is 1. The third-order valence-electron chi connectivity index (χ3n) is 7.09. The van der Waals surface area contributed by atoms with Crippen LogP contribution in [0.1, 0.15) is 120 Å². The smallest absolute Gasteiger partial charge is 0.00987 e. The summed E-state index contributed by atoms with van der Waals surface area (Å²) in [7, 11) is 0. The van der Waals surface area contributed by atoms with Crippen LogP contribution in [0.3, 0.4) is 0 Å². The summed E-state index contributed by atoms with van der Waals surface area (Å²) < 4.78 is 0.241. The third-order valence-corrected chi connectivity index (χ3v) is 7.63. The van der Waals surface area contributed by atoms with Gasteiger partial charge in [-0.2, -0.15) is 12.6 Å². The van der Waals surface area contributed by atoms with Gasteiger partial charge in [-0.05, 0) is 48.3 Å². The lowest BCUT2D eigenvalue weighted by molar-refractivity contribution is 0.0121. The van der Waals surface area contributed by atoms with Crippen molar-refractivity contribution in [3.05, 3.63) is 0 Å². The molecule has 0 fully saturated rings. The molecule has 1 heteroatoms. The van der Waals surface area contributed by atoms with E-state index in [2.05, 4.69) is 62.3 Å². The van der Waals surface area contributed by atoms with E-state index < -0.39 is 0 Å². The molecule has 0 heterocycles. The molecule has 0 amide bonds. The zero-order valence-electron chi connectivity index (χ0n) is 18.5. The predicted molar refractivity (Wildman–Crippen MR) is 116 cm³/mol. The molecule has 0 radical (unpaired) electrons. The van der Waals surface area contributed by atoms with Gasteiger partial charge in [0, 0.05) is 4.75 Å². The van der Waals surface area contributed by atoms with E-state index in [0.717, 1.165) is 11.8 Å². The molecule has 146 valence electrons. The summed E-state index contributed by atoms with van der Waals surface area (Å²) in [5.41, 5.74) is 0.876. The first-order chi connectivity index (χ1) is 10.9. The molecule has 0 nitrogen and oxygen atoms in total. The maximum atomic E-state index is 4.76. The van der Waals surface area contributed by atoms with E-state index >= 15 is 0 Å². The highest BCUT2D eigenvalue weighted by molar-refractivity contribution is 7.81. The van der Waals surface area contributed by atoms with Crippen LogP contribution in [0.5, 0.6) is 0 Å². The lowest BCUT2D eigenvalue weighted by Crippen LogP contribution is -2.40. The first-order valence-electron chi connectivity index (χ1n) is 10.6. The van der Waals surface area contributed by atoms with Gasteiger partial charge in [0.05, 0.1) is 0 Å². The molecule has 0 aliphatic rings. The largest absolute Gasteiger partial charge is 0.173 e. The summed E-state index contributed by atoms with van der Waals surface area (Å²) >= 11 is 4.76. The van der Waals surface area contributed by atoms with Crippen LogP contribution in [0.15, 0.2) is 0 Å². The monoisotopic (exact) mass is 356 g/mol. The molecule has 0 saturated heterocycles. The fraction of sp³-hybridized carbons (Fsp3) is 1.00. The van der Waals surface area contributed by atoms with Gasteiger partial charge in [-0.3, -0.25) is 0 Å². The van der Waals surface area contributed by atoms with Gasteiger partial charge in [0.2, 0.25) is 0 Å². The number of hydrogen-bond acceptors (Lipinski definition) is 1. The van der Waals surface area contributed by atoms with Crippen molar-refractivity contribution in [2.24, 2.45) is 22.7 Å². The van der Waals surface area contributed by atoms with Crippen LogP contribution < -0.4 is 0 Å². The summed E-state index contributed by atoms with van der Waals surface area (Å²) in [4.78, 5) is 0. The average molecular weight is 357 g/mol. The molecule has 0 aromatic carbocycles. The van der Waals surface area contributed by atoms with Gasteiger partial charge in [0.15, 0.2) is 0 Å². The average Bonchev–Trinajstić information content (AvgIpc) is 2.48. The summed E-state index contributed by atoms with van der Waals surface area (Å²) in [5.74, 6) is 1.57. The lowest BCUT2D eigenvalue weighted by Gasteiger charge is -2.48. The molecule has 0 aliphatic heterocycles. The van der Waals surface area contributed by atoms with Crippen LogP contribution in [0.2, 0.25) is 0 Å². The molecule has 2 atom stereocenters. The van der Waals surface area contributed by atoms with Crippen molar-refractivity contribution in [3.63, 3.8) is 0 Å². The normalized spacial score (nSPS) is 18.0. The summed E-state index contributed by atoms with van der Waals surface area (Å²) in [6.45, 7) is 21.7. The maximum absolute atomic E-state index is 4.76. The van der Waals surface area contributed by atoms with Crippen molar-refractivity contribution < 1.29 is 0 Å². The van der Waals surface area contributed by atoms with Crippen LogP contribution in [-0.2, 0) is 0 Å². The van der Waals surface area contributed by atoms with Crippen molar-refractivity contribution in [2.45, 2.75) is 125 Å². The summed E-state index contributed by atoms with van der Waals surface area (Å²) in [6.07, 6.45) is 12.0. The van der Waals surface area contributed by atoms with E-state index in [9.17, 15) is 0 Å². The molecule has 0 aromatic heterocycles. The SMILES string of the molecule is CCC(C)(S)CCCCCCC(C)(C(C)C)C(C)(C)CCC(C)C. The van der Waals surface area contributed by atoms with E-state index in [1.54, 1.807) is 0 Å². The quantitative estimate of drug-likeness (QED) is 0.248. The molecule has 0 aromatic rings. The van der Waals surface area contributed by atoms with Crippen molar-refractivity contribution in [2.75, 3.05) is 0 Å². The minimum Gasteiger partial charge on any atom is -0.173 e. The third kappa shape index (κ3) is 8.15. The van der Waals surface area contributed by atoms with Gasteiger partial charge in [0.1, 0.15) is 0 Å². The molecule has 0 N–H and O–H groups in total. The number of hydrogen-bond donors (Lipinski definition) is 1. The summed E-state index contributed by atoms with van der Waals surface area (Å²) in [5, 5.41) is 0. The van der Waals surface area contributed by atoms with Crippen LogP contribution >= 0.6 is 12.6 Å². The van der Waals surface area contributed by atoms with Gasteiger partial charge in [-0.25, -0.2) is 0 Å². The van der Waals surface area contributed by atoms with Crippen LogP contribution in [-0.4, -0.2) is 4.75 Å². The fourth-order valence-electron chi connectivity index (χ4n) is 3.87. The molecule has 0 aliphatic carbocycles. The van der Waals surface area contributed by atoms with Crippen LogP contribution in [0.25, 0.3) is 0 Å². The van der Waals surface area contributed by atoms with E-state index in [0.29, 0.717) is 10.8 Å². The van der Waals surface area contributed by atoms with Gasteiger partial charge >= 0.3 is 0 Å². The second-order valence-electron chi connectivity index (χ2n) is 10.2. The fourth-order valence-corrected chi connectivity index (χ4v) is 4.03. The second kappa shape index (κ2) is 10.5. The molecule has 24 heavy (non-hydrogen) atoms. The first kappa shape index (κ1) is 24.4. The molecule has 0 bridgehead atoms. The zero-order chi connectivity index (χ0) is 19.0. The second-order valence-corrected chi connectivity index (χ2v) is 11.2. The molecule has 2 unspecified atom stereocenters. The van der Waals surface area contributed by atoms with Crippen molar-refractivity contribution in [1.82, 2.24) is 0 Å². The van der Waals surface area contributed by atoms with Crippen LogP contribution in [0.4, 0.5) is 0 Å². The highest BCUT2D eigenvalue weighted by Crippen LogP contribution is 2.51. The standard InChI is InChI=1S/C23H48S/c1-10-22(8,24)16-13-11-12-14-17-23(9,20(4)5)21(6,7)18-15-19(2)3/h19-20,24H,10-18H2,1-9H3. The topological polar surface area (TPSA) is 0 Å².